The van der Waals surface area contributed by atoms with Crippen LogP contribution in [0.4, 0.5) is 0 Å². The number of hydrogen-bond acceptors (Lipinski definition) is 3. The minimum atomic E-state index is 0.276. The molecule has 16 heavy (non-hydrogen) atoms. The smallest absolute Gasteiger partial charge is 0.137 e. The SMILES string of the molecule is OCCCCNCc1c[nH]c2ncccc12. The lowest BCUT2D eigenvalue weighted by atomic mass is 10.2. The molecule has 0 aromatic carbocycles. The van der Waals surface area contributed by atoms with Crippen molar-refractivity contribution < 1.29 is 5.11 Å². The summed E-state index contributed by atoms with van der Waals surface area (Å²) in [5.41, 5.74) is 2.18. The van der Waals surface area contributed by atoms with Gasteiger partial charge in [-0.25, -0.2) is 4.98 Å². The Hall–Kier alpha value is -1.39. The standard InChI is InChI=1S/C12H17N3O/c16-7-2-1-5-13-8-10-9-15-12-11(10)4-3-6-14-12/h3-4,6,9,13,16H,1-2,5,7-8H2,(H,14,15). The zero-order chi connectivity index (χ0) is 11.2. The summed E-state index contributed by atoms with van der Waals surface area (Å²) in [6, 6.07) is 4.02. The number of fused-ring (bicyclic) bond motifs is 1. The highest BCUT2D eigenvalue weighted by Crippen LogP contribution is 2.14. The Morgan fingerprint density at radius 2 is 2.31 bits per heavy atom. The number of nitrogens with zero attached hydrogens (tertiary/aromatic N) is 1. The van der Waals surface area contributed by atoms with E-state index < -0.39 is 0 Å². The molecular weight excluding hydrogens is 202 g/mol. The van der Waals surface area contributed by atoms with E-state index in [-0.39, 0.29) is 6.61 Å². The summed E-state index contributed by atoms with van der Waals surface area (Å²) < 4.78 is 0. The largest absolute Gasteiger partial charge is 0.396 e. The first-order chi connectivity index (χ1) is 7.92. The quantitative estimate of drug-likeness (QED) is 0.644. The predicted octanol–water partition coefficient (Wildman–Crippen LogP) is 1.42. The Kier molecular flexibility index (Phi) is 3.91. The Morgan fingerprint density at radius 3 is 3.19 bits per heavy atom. The number of aliphatic hydroxyl groups is 1. The summed E-state index contributed by atoms with van der Waals surface area (Å²) in [5.74, 6) is 0. The highest BCUT2D eigenvalue weighted by molar-refractivity contribution is 5.79. The maximum absolute atomic E-state index is 8.65. The van der Waals surface area contributed by atoms with Crippen LogP contribution in [0.3, 0.4) is 0 Å². The second-order valence-electron chi connectivity index (χ2n) is 3.82. The van der Waals surface area contributed by atoms with Gasteiger partial charge in [-0.15, -0.1) is 0 Å². The van der Waals surface area contributed by atoms with Crippen molar-refractivity contribution in [2.24, 2.45) is 0 Å². The number of rotatable bonds is 6. The molecule has 0 aliphatic rings. The Balaban J connectivity index is 1.89. The van der Waals surface area contributed by atoms with Crippen molar-refractivity contribution in [1.82, 2.24) is 15.3 Å². The second kappa shape index (κ2) is 5.63. The highest BCUT2D eigenvalue weighted by Gasteiger charge is 2.02. The van der Waals surface area contributed by atoms with Gasteiger partial charge >= 0.3 is 0 Å². The Bertz CT molecular complexity index is 439. The molecule has 2 heterocycles. The van der Waals surface area contributed by atoms with Crippen LogP contribution in [0.2, 0.25) is 0 Å². The molecule has 0 atom stereocenters. The summed E-state index contributed by atoms with van der Waals surface area (Å²) in [6.45, 7) is 2.06. The van der Waals surface area contributed by atoms with Gasteiger partial charge in [0.2, 0.25) is 0 Å². The van der Waals surface area contributed by atoms with E-state index in [0.717, 1.165) is 31.6 Å². The third-order valence-electron chi connectivity index (χ3n) is 2.61. The van der Waals surface area contributed by atoms with E-state index in [4.69, 9.17) is 5.11 Å². The van der Waals surface area contributed by atoms with Gasteiger partial charge in [0.1, 0.15) is 5.65 Å². The van der Waals surface area contributed by atoms with Crippen LogP contribution in [-0.2, 0) is 6.54 Å². The van der Waals surface area contributed by atoms with E-state index in [1.807, 2.05) is 12.3 Å². The van der Waals surface area contributed by atoms with Crippen molar-refractivity contribution in [2.45, 2.75) is 19.4 Å². The van der Waals surface area contributed by atoms with Gasteiger partial charge < -0.3 is 15.4 Å². The monoisotopic (exact) mass is 219 g/mol. The molecule has 0 spiro atoms. The molecule has 2 aromatic heterocycles. The molecule has 0 saturated carbocycles. The van der Waals surface area contributed by atoms with Crippen LogP contribution in [0.1, 0.15) is 18.4 Å². The maximum Gasteiger partial charge on any atom is 0.137 e. The molecule has 0 unspecified atom stereocenters. The molecule has 4 heteroatoms. The number of nitrogens with one attached hydrogen (secondary N) is 2. The number of aliphatic hydroxyl groups excluding tert-OH is 1. The lowest BCUT2D eigenvalue weighted by Crippen LogP contribution is -2.14. The van der Waals surface area contributed by atoms with Gasteiger partial charge in [-0.3, -0.25) is 0 Å². The predicted molar refractivity (Wildman–Crippen MR) is 64.1 cm³/mol. The van der Waals surface area contributed by atoms with E-state index in [1.165, 1.54) is 10.9 Å². The lowest BCUT2D eigenvalue weighted by Gasteiger charge is -2.02. The van der Waals surface area contributed by atoms with Crippen molar-refractivity contribution in [1.29, 1.82) is 0 Å². The molecule has 0 radical (unpaired) electrons. The molecule has 3 N–H and O–H groups in total. The third kappa shape index (κ3) is 2.59. The van der Waals surface area contributed by atoms with E-state index in [0.29, 0.717) is 0 Å². The van der Waals surface area contributed by atoms with Gasteiger partial charge in [0.15, 0.2) is 0 Å². The third-order valence-corrected chi connectivity index (χ3v) is 2.61. The van der Waals surface area contributed by atoms with Crippen molar-refractivity contribution >= 4 is 11.0 Å². The molecule has 0 bridgehead atoms. The molecule has 0 saturated heterocycles. The van der Waals surface area contributed by atoms with E-state index in [9.17, 15) is 0 Å². The Morgan fingerprint density at radius 1 is 1.38 bits per heavy atom. The van der Waals surface area contributed by atoms with Crippen molar-refractivity contribution in [3.05, 3.63) is 30.1 Å². The van der Waals surface area contributed by atoms with E-state index in [1.54, 1.807) is 6.20 Å². The first-order valence-corrected chi connectivity index (χ1v) is 5.64. The van der Waals surface area contributed by atoms with Crippen LogP contribution in [0.5, 0.6) is 0 Å². The second-order valence-corrected chi connectivity index (χ2v) is 3.82. The fourth-order valence-corrected chi connectivity index (χ4v) is 1.74. The van der Waals surface area contributed by atoms with Gasteiger partial charge in [-0.1, -0.05) is 0 Å². The number of aromatic amines is 1. The van der Waals surface area contributed by atoms with Crippen LogP contribution in [0, 0.1) is 0 Å². The van der Waals surface area contributed by atoms with Gasteiger partial charge in [0.05, 0.1) is 0 Å². The first-order valence-electron chi connectivity index (χ1n) is 5.64. The molecule has 0 aliphatic carbocycles. The molecule has 4 nitrogen and oxygen atoms in total. The Labute approximate surface area is 94.7 Å². The van der Waals surface area contributed by atoms with E-state index in [2.05, 4.69) is 21.4 Å². The first kappa shape index (κ1) is 11.1. The average molecular weight is 219 g/mol. The summed E-state index contributed by atoms with van der Waals surface area (Å²) in [4.78, 5) is 7.39. The van der Waals surface area contributed by atoms with Crippen LogP contribution < -0.4 is 5.32 Å². The van der Waals surface area contributed by atoms with Gasteiger partial charge in [-0.2, -0.15) is 0 Å². The average Bonchev–Trinajstić information content (AvgIpc) is 2.73. The molecule has 0 aliphatic heterocycles. The van der Waals surface area contributed by atoms with Crippen LogP contribution in [0.15, 0.2) is 24.5 Å². The summed E-state index contributed by atoms with van der Waals surface area (Å²) in [5, 5.41) is 13.2. The van der Waals surface area contributed by atoms with Crippen molar-refractivity contribution in [2.75, 3.05) is 13.2 Å². The topological polar surface area (TPSA) is 60.9 Å². The molecule has 2 rings (SSSR count). The zero-order valence-corrected chi connectivity index (χ0v) is 9.24. The number of pyridine rings is 1. The van der Waals surface area contributed by atoms with Crippen molar-refractivity contribution in [3.63, 3.8) is 0 Å². The molecule has 2 aromatic rings. The fraction of sp³-hybridized carbons (Fsp3) is 0.417. The summed E-state index contributed by atoms with van der Waals surface area (Å²) >= 11 is 0. The summed E-state index contributed by atoms with van der Waals surface area (Å²) in [6.07, 6.45) is 5.66. The lowest BCUT2D eigenvalue weighted by molar-refractivity contribution is 0.283. The van der Waals surface area contributed by atoms with Crippen LogP contribution in [-0.4, -0.2) is 28.2 Å². The molecule has 86 valence electrons. The number of unbranched alkanes of at least 4 members (excludes halogenated alkanes) is 1. The van der Waals surface area contributed by atoms with Crippen LogP contribution in [0.25, 0.3) is 11.0 Å². The number of H-pyrrole nitrogens is 1. The number of hydrogen-bond donors (Lipinski definition) is 3. The zero-order valence-electron chi connectivity index (χ0n) is 9.24. The molecule has 0 fully saturated rings. The van der Waals surface area contributed by atoms with Gasteiger partial charge in [0, 0.05) is 30.9 Å². The van der Waals surface area contributed by atoms with Gasteiger partial charge in [0.25, 0.3) is 0 Å². The fourth-order valence-electron chi connectivity index (χ4n) is 1.74. The maximum atomic E-state index is 8.65. The normalized spacial score (nSPS) is 11.1. The highest BCUT2D eigenvalue weighted by atomic mass is 16.2. The van der Waals surface area contributed by atoms with E-state index >= 15 is 0 Å². The van der Waals surface area contributed by atoms with Gasteiger partial charge in [-0.05, 0) is 37.1 Å². The summed E-state index contributed by atoms with van der Waals surface area (Å²) in [7, 11) is 0. The minimum absolute atomic E-state index is 0.276. The minimum Gasteiger partial charge on any atom is -0.396 e. The number of aromatic nitrogens is 2. The van der Waals surface area contributed by atoms with Crippen LogP contribution >= 0.6 is 0 Å². The van der Waals surface area contributed by atoms with Crippen molar-refractivity contribution in [3.8, 4) is 0 Å². The molecule has 0 amide bonds. The molecular formula is C12H17N3O.